The van der Waals surface area contributed by atoms with Crippen LogP contribution in [0, 0.1) is 28.1 Å². The Morgan fingerprint density at radius 3 is 2.32 bits per heavy atom. The van der Waals surface area contributed by atoms with Gasteiger partial charge < -0.3 is 29.9 Å². The first kappa shape index (κ1) is 48.1. The minimum Gasteiger partial charge on any atom is -0.489 e. The molecule has 1 saturated carbocycles. The highest BCUT2D eigenvalue weighted by Crippen LogP contribution is 2.55. The summed E-state index contributed by atoms with van der Waals surface area (Å²) in [6.07, 6.45) is 5.11. The van der Waals surface area contributed by atoms with Crippen LogP contribution in [0.25, 0.3) is 10.9 Å². The number of anilines is 1. The van der Waals surface area contributed by atoms with E-state index in [-0.39, 0.29) is 77.7 Å². The standard InChI is InChI=1S/C52H62ClN9O7/c1-30(42-26-34(16-21-55-42)31-6-8-32(9-7-31)45(64)57-49-51(2,3)50(52(49,4)5)69-38-12-10-35(29-54)40(53)28-38)68-37-19-24-61(25-20-37)47(66)33-17-22-60(23-18-33)36-11-13-41-39(27-36)48(67)62(59-58-41)43-14-15-44(63)56-46(43)65/h6-13,27-28,30,33-34,37,42-43,49-50,55H,14-26H2,1-5H3,(H,57,64)(H,56,63,65). The van der Waals surface area contributed by atoms with Crippen molar-refractivity contribution >= 4 is 51.8 Å². The molecule has 4 saturated heterocycles. The summed E-state index contributed by atoms with van der Waals surface area (Å²) in [6, 6.07) is 19.8. The first-order chi connectivity index (χ1) is 33.0. The first-order valence-electron chi connectivity index (χ1n) is 24.4. The van der Waals surface area contributed by atoms with Crippen molar-refractivity contribution in [1.29, 1.82) is 5.26 Å². The Labute approximate surface area is 407 Å². The van der Waals surface area contributed by atoms with Crippen molar-refractivity contribution in [3.63, 3.8) is 0 Å². The highest BCUT2D eigenvalue weighted by molar-refractivity contribution is 6.31. The molecule has 3 N–H and O–H groups in total. The normalized spacial score (nSPS) is 25.6. The minimum absolute atomic E-state index is 0.00669. The highest BCUT2D eigenvalue weighted by Gasteiger charge is 2.64. The van der Waals surface area contributed by atoms with Crippen molar-refractivity contribution in [3.05, 3.63) is 92.7 Å². The van der Waals surface area contributed by atoms with E-state index in [0.717, 1.165) is 42.6 Å². The van der Waals surface area contributed by atoms with E-state index < -0.39 is 17.5 Å². The number of hydrogen-bond donors (Lipinski definition) is 3. The monoisotopic (exact) mass is 959 g/mol. The predicted molar refractivity (Wildman–Crippen MR) is 260 cm³/mol. The summed E-state index contributed by atoms with van der Waals surface area (Å²) in [6.45, 7) is 14.1. The van der Waals surface area contributed by atoms with Gasteiger partial charge in [0.25, 0.3) is 17.4 Å². The lowest BCUT2D eigenvalue weighted by Gasteiger charge is -2.63. The van der Waals surface area contributed by atoms with E-state index >= 15 is 0 Å². The zero-order valence-electron chi connectivity index (χ0n) is 40.0. The number of likely N-dealkylation sites (tertiary alicyclic amines) is 1. The van der Waals surface area contributed by atoms with Gasteiger partial charge in [0.2, 0.25) is 11.8 Å². The minimum atomic E-state index is -0.887. The predicted octanol–water partition coefficient (Wildman–Crippen LogP) is 6.05. The van der Waals surface area contributed by atoms with E-state index in [1.54, 1.807) is 30.3 Å². The molecule has 0 spiro atoms. The molecule has 4 aliphatic heterocycles. The second-order valence-corrected chi connectivity index (χ2v) is 21.2. The molecule has 4 amide bonds. The van der Waals surface area contributed by atoms with Crippen LogP contribution in [0.4, 0.5) is 5.69 Å². The van der Waals surface area contributed by atoms with Crippen molar-refractivity contribution in [1.82, 2.24) is 35.8 Å². The van der Waals surface area contributed by atoms with Crippen molar-refractivity contribution < 1.29 is 28.7 Å². The second kappa shape index (κ2) is 19.5. The van der Waals surface area contributed by atoms with E-state index in [2.05, 4.69) is 84.0 Å². The molecular weight excluding hydrogens is 898 g/mol. The maximum atomic E-state index is 13.8. The molecule has 4 atom stereocenters. The highest BCUT2D eigenvalue weighted by atomic mass is 35.5. The van der Waals surface area contributed by atoms with Crippen LogP contribution in [0.1, 0.15) is 119 Å². The molecule has 17 heteroatoms. The fraction of sp³-hybridized carbons (Fsp3) is 0.538. The number of aromatic nitrogens is 3. The van der Waals surface area contributed by atoms with Gasteiger partial charge in [0, 0.05) is 78.7 Å². The number of amides is 4. The number of nitrogens with zero attached hydrogens (tertiary/aromatic N) is 6. The third-order valence-corrected chi connectivity index (χ3v) is 15.9. The van der Waals surface area contributed by atoms with Crippen molar-refractivity contribution in [3.8, 4) is 11.8 Å². The van der Waals surface area contributed by atoms with E-state index in [1.807, 2.05) is 23.1 Å². The smallest absolute Gasteiger partial charge is 0.278 e. The van der Waals surface area contributed by atoms with E-state index in [4.69, 9.17) is 21.1 Å². The summed E-state index contributed by atoms with van der Waals surface area (Å²) in [5.41, 5.74) is 2.35. The molecule has 9 rings (SSSR count). The molecule has 3 aromatic carbocycles. The number of nitriles is 1. The van der Waals surface area contributed by atoms with Crippen molar-refractivity contribution in [2.75, 3.05) is 37.6 Å². The third-order valence-electron chi connectivity index (χ3n) is 15.6. The average molecular weight is 961 g/mol. The van der Waals surface area contributed by atoms with Gasteiger partial charge in [-0.3, -0.25) is 29.3 Å². The fourth-order valence-corrected chi connectivity index (χ4v) is 12.2. The van der Waals surface area contributed by atoms with Gasteiger partial charge in [-0.05, 0) is 112 Å². The summed E-state index contributed by atoms with van der Waals surface area (Å²) >= 11 is 6.28. The molecule has 16 nitrogen and oxygen atoms in total. The molecule has 5 aliphatic rings. The number of carbonyl (C=O) groups is 4. The summed E-state index contributed by atoms with van der Waals surface area (Å²) in [5.74, 6) is 0.0203. The Morgan fingerprint density at radius 2 is 1.64 bits per heavy atom. The summed E-state index contributed by atoms with van der Waals surface area (Å²) in [5, 5.41) is 27.4. The molecule has 5 heterocycles. The number of ether oxygens (including phenoxy) is 2. The van der Waals surface area contributed by atoms with Crippen LogP contribution >= 0.6 is 11.6 Å². The molecule has 1 aliphatic carbocycles. The number of fused-ring (bicyclic) bond motifs is 1. The number of benzene rings is 3. The van der Waals surface area contributed by atoms with E-state index in [1.165, 1.54) is 5.56 Å². The number of hydrogen-bond acceptors (Lipinski definition) is 12. The Balaban J connectivity index is 0.719. The van der Waals surface area contributed by atoms with Crippen LogP contribution in [-0.4, -0.2) is 107 Å². The van der Waals surface area contributed by atoms with Crippen molar-refractivity contribution in [2.45, 2.75) is 128 Å². The quantitative estimate of drug-likeness (QED) is 0.147. The maximum absolute atomic E-state index is 13.8. The summed E-state index contributed by atoms with van der Waals surface area (Å²) < 4.78 is 14.2. The third kappa shape index (κ3) is 9.70. The Kier molecular flexibility index (Phi) is 13.6. The molecule has 69 heavy (non-hydrogen) atoms. The Hall–Kier alpha value is -5.89. The Bertz CT molecular complexity index is 2700. The van der Waals surface area contributed by atoms with Gasteiger partial charge in [0.1, 0.15) is 29.5 Å². The molecule has 1 aromatic heterocycles. The molecule has 364 valence electrons. The molecule has 5 fully saturated rings. The lowest BCUT2D eigenvalue weighted by atomic mass is 9.49. The lowest BCUT2D eigenvalue weighted by molar-refractivity contribution is -0.164. The Morgan fingerprint density at radius 1 is 0.913 bits per heavy atom. The van der Waals surface area contributed by atoms with E-state index in [9.17, 15) is 29.2 Å². The SMILES string of the molecule is CC(OC1CCN(C(=O)C2CCN(c3ccc4nnn(C5CCC(=O)NC5=O)c(=O)c4c3)CC2)CC1)C1CC(c2ccc(C(=O)NC3C(C)(C)C(Oc4ccc(C#N)c(Cl)c4)C3(C)C)cc2)CCN1. The molecule has 0 bridgehead atoms. The van der Waals surface area contributed by atoms with Gasteiger partial charge in [-0.2, -0.15) is 9.94 Å². The summed E-state index contributed by atoms with van der Waals surface area (Å²) in [4.78, 5) is 69.2. The lowest BCUT2D eigenvalue weighted by Crippen LogP contribution is -2.74. The van der Waals surface area contributed by atoms with Crippen LogP contribution < -0.4 is 31.1 Å². The van der Waals surface area contributed by atoms with Crippen LogP contribution in [0.2, 0.25) is 5.02 Å². The number of nitrogens with one attached hydrogen (secondary N) is 3. The number of rotatable bonds is 11. The number of carbonyl (C=O) groups excluding carboxylic acids is 4. The van der Waals surface area contributed by atoms with Gasteiger partial charge in [-0.15, -0.1) is 5.10 Å². The van der Waals surface area contributed by atoms with Crippen LogP contribution in [-0.2, 0) is 19.1 Å². The van der Waals surface area contributed by atoms with Gasteiger partial charge in [-0.1, -0.05) is 56.6 Å². The van der Waals surface area contributed by atoms with Crippen LogP contribution in [0.5, 0.6) is 5.75 Å². The largest absolute Gasteiger partial charge is 0.489 e. The summed E-state index contributed by atoms with van der Waals surface area (Å²) in [7, 11) is 0. The van der Waals surface area contributed by atoms with Gasteiger partial charge in [0.05, 0.1) is 28.2 Å². The zero-order valence-corrected chi connectivity index (χ0v) is 40.8. The average Bonchev–Trinajstić information content (AvgIpc) is 3.35. The molecule has 0 radical (unpaired) electrons. The topological polar surface area (TPSA) is 201 Å². The van der Waals surface area contributed by atoms with Crippen LogP contribution in [0.15, 0.2) is 65.5 Å². The molecule has 4 aromatic rings. The van der Waals surface area contributed by atoms with Crippen LogP contribution in [0.3, 0.4) is 0 Å². The van der Waals surface area contributed by atoms with E-state index in [0.29, 0.717) is 77.7 Å². The molecule has 4 unspecified atom stereocenters. The number of piperidine rings is 4. The molecular formula is C52H62ClN9O7. The van der Waals surface area contributed by atoms with Gasteiger partial charge >= 0.3 is 0 Å². The first-order valence-corrected chi connectivity index (χ1v) is 24.8. The van der Waals surface area contributed by atoms with Gasteiger partial charge in [0.15, 0.2) is 0 Å². The van der Waals surface area contributed by atoms with Crippen molar-refractivity contribution in [2.24, 2.45) is 16.7 Å². The zero-order chi connectivity index (χ0) is 48.8. The fourth-order valence-electron chi connectivity index (χ4n) is 11.9. The second-order valence-electron chi connectivity index (χ2n) is 20.8. The number of imide groups is 1. The van der Waals surface area contributed by atoms with Gasteiger partial charge in [-0.25, -0.2) is 0 Å². The number of halogens is 1. The maximum Gasteiger partial charge on any atom is 0.278 e.